The van der Waals surface area contributed by atoms with E-state index in [9.17, 15) is 0 Å². The van der Waals surface area contributed by atoms with Crippen molar-refractivity contribution in [2.45, 2.75) is 20.0 Å². The quantitative estimate of drug-likeness (QED) is 0.793. The molecule has 0 amide bonds. The molecule has 16 heavy (non-hydrogen) atoms. The van der Waals surface area contributed by atoms with E-state index in [4.69, 9.17) is 10.5 Å². The van der Waals surface area contributed by atoms with Gasteiger partial charge in [-0.05, 0) is 39.5 Å². The molecule has 0 aliphatic rings. The maximum Gasteiger partial charge on any atom is 0.197 e. The molecule has 0 aliphatic heterocycles. The average molecular weight is 244 g/mol. The van der Waals surface area contributed by atoms with Crippen LogP contribution in [0.1, 0.15) is 13.8 Å². The van der Waals surface area contributed by atoms with Crippen LogP contribution in [0, 0.1) is 0 Å². The molecule has 3 N–H and O–H groups in total. The Morgan fingerprint density at radius 1 is 1.50 bits per heavy atom. The van der Waals surface area contributed by atoms with Gasteiger partial charge in [-0.3, -0.25) is 0 Å². The summed E-state index contributed by atoms with van der Waals surface area (Å²) in [6.07, 6.45) is 0.105. The van der Waals surface area contributed by atoms with Gasteiger partial charge in [-0.1, -0.05) is 0 Å². The van der Waals surface area contributed by atoms with E-state index >= 15 is 0 Å². The molecule has 0 aromatic carbocycles. The first-order valence-corrected chi connectivity index (χ1v) is 6.08. The van der Waals surface area contributed by atoms with E-state index in [1.54, 1.807) is 0 Å². The Balaban J connectivity index is 2.58. The van der Waals surface area contributed by atoms with Crippen LogP contribution >= 0.6 is 11.5 Å². The summed E-state index contributed by atoms with van der Waals surface area (Å²) >= 11 is 1.34. The summed E-state index contributed by atoms with van der Waals surface area (Å²) < 4.78 is 9.71. The average Bonchev–Trinajstić information content (AvgIpc) is 2.48. The normalized spacial score (nSPS) is 11.1. The summed E-state index contributed by atoms with van der Waals surface area (Å²) in [7, 11) is 4.07. The van der Waals surface area contributed by atoms with Crippen LogP contribution in [0.4, 0.5) is 10.8 Å². The molecular weight excluding hydrogens is 224 g/mol. The molecule has 1 rings (SSSR count). The number of likely N-dealkylation sites (N-methyl/N-ethyl adjacent to an activating group) is 1. The summed E-state index contributed by atoms with van der Waals surface area (Å²) in [6, 6.07) is 0. The fourth-order valence-corrected chi connectivity index (χ4v) is 1.82. The first kappa shape index (κ1) is 13.1. The van der Waals surface area contributed by atoms with Gasteiger partial charge in [0.15, 0.2) is 16.6 Å². The van der Waals surface area contributed by atoms with Crippen LogP contribution in [0.15, 0.2) is 0 Å². The monoisotopic (exact) mass is 244 g/mol. The highest BCUT2D eigenvalue weighted by Gasteiger charge is 2.13. The van der Waals surface area contributed by atoms with E-state index in [1.165, 1.54) is 11.5 Å². The first-order valence-electron chi connectivity index (χ1n) is 5.31. The molecule has 1 heterocycles. The molecule has 1 aromatic heterocycles. The van der Waals surface area contributed by atoms with Gasteiger partial charge in [-0.2, -0.15) is 4.37 Å². The molecule has 0 saturated carbocycles. The maximum absolute atomic E-state index is 5.75. The predicted octanol–water partition coefficient (Wildman–Crippen LogP) is 1.49. The Kier molecular flexibility index (Phi) is 4.82. The second kappa shape index (κ2) is 5.91. The lowest BCUT2D eigenvalue weighted by molar-refractivity contribution is 0.245. The highest BCUT2D eigenvalue weighted by atomic mass is 32.1. The van der Waals surface area contributed by atoms with Crippen molar-refractivity contribution < 1.29 is 4.74 Å². The molecule has 0 aliphatic carbocycles. The third-order valence-corrected chi connectivity index (χ3v) is 2.67. The molecule has 1 aromatic rings. The van der Waals surface area contributed by atoms with Gasteiger partial charge >= 0.3 is 0 Å². The summed E-state index contributed by atoms with van der Waals surface area (Å²) in [5, 5.41) is 4.19. The second-order valence-electron chi connectivity index (χ2n) is 4.12. The first-order chi connectivity index (χ1) is 7.50. The molecule has 0 spiro atoms. The van der Waals surface area contributed by atoms with Crippen molar-refractivity contribution in [1.29, 1.82) is 0 Å². The Labute approximate surface area is 101 Å². The van der Waals surface area contributed by atoms with E-state index in [0.717, 1.165) is 18.1 Å². The SMILES string of the molecule is CC(C)Oc1c(N)nsc1NCCN(C)C. The van der Waals surface area contributed by atoms with Crippen LogP contribution in [0.5, 0.6) is 5.75 Å². The number of nitrogens with zero attached hydrogens (tertiary/aromatic N) is 2. The third-order valence-electron chi connectivity index (χ3n) is 1.87. The van der Waals surface area contributed by atoms with Crippen LogP contribution in [-0.4, -0.2) is 42.6 Å². The minimum atomic E-state index is 0.105. The Bertz CT molecular complexity index is 325. The fourth-order valence-electron chi connectivity index (χ4n) is 1.15. The number of nitrogens with one attached hydrogen (secondary N) is 1. The standard InChI is InChI=1S/C10H20N4OS/c1-7(2)15-8-9(11)13-16-10(8)12-5-6-14(3)4/h7,12H,5-6H2,1-4H3,(H2,11,13). The van der Waals surface area contributed by atoms with Gasteiger partial charge in [0.2, 0.25) is 0 Å². The number of aromatic nitrogens is 1. The highest BCUT2D eigenvalue weighted by Crippen LogP contribution is 2.35. The Morgan fingerprint density at radius 3 is 2.75 bits per heavy atom. The van der Waals surface area contributed by atoms with Gasteiger partial charge in [-0.15, -0.1) is 0 Å². The van der Waals surface area contributed by atoms with E-state index in [-0.39, 0.29) is 6.10 Å². The third kappa shape index (κ3) is 3.86. The minimum absolute atomic E-state index is 0.105. The zero-order valence-corrected chi connectivity index (χ0v) is 11.1. The number of ether oxygens (including phenoxy) is 1. The molecule has 0 bridgehead atoms. The maximum atomic E-state index is 5.75. The molecule has 5 nitrogen and oxygen atoms in total. The van der Waals surface area contributed by atoms with E-state index in [2.05, 4.69) is 14.6 Å². The van der Waals surface area contributed by atoms with Gasteiger partial charge in [0.25, 0.3) is 0 Å². The lowest BCUT2D eigenvalue weighted by atomic mass is 10.4. The van der Waals surface area contributed by atoms with Gasteiger partial charge in [0, 0.05) is 13.1 Å². The molecule has 6 heteroatoms. The zero-order valence-electron chi connectivity index (χ0n) is 10.3. The second-order valence-corrected chi connectivity index (χ2v) is 4.90. The molecule has 0 radical (unpaired) electrons. The topological polar surface area (TPSA) is 63.4 Å². The lowest BCUT2D eigenvalue weighted by Crippen LogP contribution is -2.20. The van der Waals surface area contributed by atoms with Gasteiger partial charge < -0.3 is 20.7 Å². The van der Waals surface area contributed by atoms with E-state index in [1.807, 2.05) is 27.9 Å². The van der Waals surface area contributed by atoms with Crippen LogP contribution in [0.3, 0.4) is 0 Å². The number of hydrogen-bond donors (Lipinski definition) is 2. The van der Waals surface area contributed by atoms with Gasteiger partial charge in [0.1, 0.15) is 0 Å². The number of nitrogens with two attached hydrogens (primary N) is 1. The number of rotatable bonds is 6. The van der Waals surface area contributed by atoms with Gasteiger partial charge in [-0.25, -0.2) is 0 Å². The van der Waals surface area contributed by atoms with Crippen molar-refractivity contribution in [2.24, 2.45) is 0 Å². The molecule has 0 unspecified atom stereocenters. The smallest absolute Gasteiger partial charge is 0.197 e. The molecule has 0 saturated heterocycles. The summed E-state index contributed by atoms with van der Waals surface area (Å²) in [4.78, 5) is 2.11. The Morgan fingerprint density at radius 2 is 2.19 bits per heavy atom. The minimum Gasteiger partial charge on any atom is -0.484 e. The molecule has 0 atom stereocenters. The Hall–Kier alpha value is -1.01. The van der Waals surface area contributed by atoms with Crippen molar-refractivity contribution >= 4 is 22.4 Å². The van der Waals surface area contributed by atoms with Crippen molar-refractivity contribution in [3.8, 4) is 5.75 Å². The van der Waals surface area contributed by atoms with Crippen LogP contribution in [0.25, 0.3) is 0 Å². The zero-order chi connectivity index (χ0) is 12.1. The van der Waals surface area contributed by atoms with Crippen molar-refractivity contribution in [2.75, 3.05) is 38.2 Å². The summed E-state index contributed by atoms with van der Waals surface area (Å²) in [5.41, 5.74) is 5.75. The largest absolute Gasteiger partial charge is 0.484 e. The molecule has 92 valence electrons. The number of nitrogen functional groups attached to an aromatic ring is 1. The van der Waals surface area contributed by atoms with Crippen molar-refractivity contribution in [1.82, 2.24) is 9.27 Å². The van der Waals surface area contributed by atoms with Crippen molar-refractivity contribution in [3.63, 3.8) is 0 Å². The van der Waals surface area contributed by atoms with Crippen LogP contribution < -0.4 is 15.8 Å². The fraction of sp³-hybridized carbons (Fsp3) is 0.700. The van der Waals surface area contributed by atoms with Crippen LogP contribution in [-0.2, 0) is 0 Å². The lowest BCUT2D eigenvalue weighted by Gasteiger charge is -2.13. The van der Waals surface area contributed by atoms with Crippen LogP contribution in [0.2, 0.25) is 0 Å². The number of hydrogen-bond acceptors (Lipinski definition) is 6. The van der Waals surface area contributed by atoms with E-state index in [0.29, 0.717) is 11.6 Å². The summed E-state index contributed by atoms with van der Waals surface area (Å²) in [5.74, 6) is 1.14. The van der Waals surface area contributed by atoms with Crippen molar-refractivity contribution in [3.05, 3.63) is 0 Å². The molecular formula is C10H20N4OS. The summed E-state index contributed by atoms with van der Waals surface area (Å²) in [6.45, 7) is 5.75. The highest BCUT2D eigenvalue weighted by molar-refractivity contribution is 7.11. The van der Waals surface area contributed by atoms with E-state index < -0.39 is 0 Å². The number of anilines is 2. The molecule has 0 fully saturated rings. The predicted molar refractivity (Wildman–Crippen MR) is 69.3 cm³/mol. The van der Waals surface area contributed by atoms with Gasteiger partial charge in [0.05, 0.1) is 6.10 Å².